The minimum absolute atomic E-state index is 0.0607. The monoisotopic (exact) mass is 351 g/mol. The van der Waals surface area contributed by atoms with Crippen molar-refractivity contribution in [2.24, 2.45) is 0 Å². The maximum absolute atomic E-state index is 11.6. The zero-order chi connectivity index (χ0) is 17.9. The lowest BCUT2D eigenvalue weighted by atomic mass is 10.1. The lowest BCUT2D eigenvalue weighted by Gasteiger charge is -2.28. The average Bonchev–Trinajstić information content (AvgIpc) is 3.19. The van der Waals surface area contributed by atoms with E-state index in [4.69, 9.17) is 4.52 Å². The van der Waals surface area contributed by atoms with Gasteiger partial charge in [-0.1, -0.05) is 5.16 Å². The van der Waals surface area contributed by atoms with E-state index in [0.29, 0.717) is 17.1 Å². The maximum Gasteiger partial charge on any atom is 0.293 e. The van der Waals surface area contributed by atoms with Gasteiger partial charge >= 0.3 is 0 Å². The fraction of sp³-hybridized carbons (Fsp3) is 0.278. The van der Waals surface area contributed by atoms with Crippen LogP contribution in [0.4, 0.5) is 11.4 Å². The van der Waals surface area contributed by atoms with Crippen molar-refractivity contribution in [1.29, 1.82) is 0 Å². The minimum Gasteiger partial charge on any atom is -0.366 e. The summed E-state index contributed by atoms with van der Waals surface area (Å²) < 4.78 is 5.30. The molecule has 1 aromatic carbocycles. The normalized spacial score (nSPS) is 14.4. The van der Waals surface area contributed by atoms with Crippen molar-refractivity contribution in [3.8, 4) is 22.8 Å². The van der Waals surface area contributed by atoms with E-state index in [9.17, 15) is 10.1 Å². The highest BCUT2D eigenvalue weighted by molar-refractivity contribution is 5.71. The second-order valence-corrected chi connectivity index (χ2v) is 6.17. The second-order valence-electron chi connectivity index (χ2n) is 6.17. The Morgan fingerprint density at radius 3 is 2.69 bits per heavy atom. The van der Waals surface area contributed by atoms with Crippen molar-refractivity contribution < 1.29 is 9.45 Å². The predicted molar refractivity (Wildman–Crippen MR) is 95.7 cm³/mol. The van der Waals surface area contributed by atoms with Gasteiger partial charge in [-0.2, -0.15) is 4.98 Å². The van der Waals surface area contributed by atoms with Crippen LogP contribution >= 0.6 is 0 Å². The summed E-state index contributed by atoms with van der Waals surface area (Å²) in [6.07, 6.45) is 6.57. The summed E-state index contributed by atoms with van der Waals surface area (Å²) in [5.74, 6) is 0.646. The summed E-state index contributed by atoms with van der Waals surface area (Å²) >= 11 is 0. The van der Waals surface area contributed by atoms with Crippen molar-refractivity contribution in [2.45, 2.75) is 19.3 Å². The molecule has 3 aromatic rings. The first-order chi connectivity index (χ1) is 12.7. The summed E-state index contributed by atoms with van der Waals surface area (Å²) in [5, 5.41) is 15.5. The van der Waals surface area contributed by atoms with E-state index in [0.717, 1.165) is 31.5 Å². The number of pyridine rings is 1. The Morgan fingerprint density at radius 2 is 1.96 bits per heavy atom. The van der Waals surface area contributed by atoms with Crippen LogP contribution in [0, 0.1) is 10.1 Å². The molecule has 2 aromatic heterocycles. The lowest BCUT2D eigenvalue weighted by Crippen LogP contribution is -2.29. The zero-order valence-electron chi connectivity index (χ0n) is 14.0. The Labute approximate surface area is 149 Å². The molecule has 1 aliphatic heterocycles. The molecule has 0 spiro atoms. The van der Waals surface area contributed by atoms with E-state index in [-0.39, 0.29) is 16.5 Å². The SMILES string of the molecule is O=[N+]([O-])c1cc(-c2nc(-c3cccnc3)no2)ccc1N1CCCCC1. The van der Waals surface area contributed by atoms with Gasteiger partial charge in [-0.3, -0.25) is 15.1 Å². The van der Waals surface area contributed by atoms with Gasteiger partial charge in [0.15, 0.2) is 0 Å². The topological polar surface area (TPSA) is 98.2 Å². The quantitative estimate of drug-likeness (QED) is 0.522. The summed E-state index contributed by atoms with van der Waals surface area (Å²) in [5.41, 5.74) is 1.96. The van der Waals surface area contributed by atoms with Crippen LogP contribution in [-0.4, -0.2) is 33.1 Å². The van der Waals surface area contributed by atoms with Gasteiger partial charge in [-0.15, -0.1) is 0 Å². The van der Waals surface area contributed by atoms with E-state index in [1.54, 1.807) is 30.6 Å². The largest absolute Gasteiger partial charge is 0.366 e. The van der Waals surface area contributed by atoms with Gasteiger partial charge in [0.05, 0.1) is 4.92 Å². The molecule has 0 bridgehead atoms. The zero-order valence-corrected chi connectivity index (χ0v) is 14.0. The number of nitrogens with zero attached hydrogens (tertiary/aromatic N) is 5. The van der Waals surface area contributed by atoms with Crippen LogP contribution in [0.15, 0.2) is 47.2 Å². The van der Waals surface area contributed by atoms with Crippen LogP contribution in [0.5, 0.6) is 0 Å². The Hall–Kier alpha value is -3.29. The first-order valence-corrected chi connectivity index (χ1v) is 8.50. The molecular weight excluding hydrogens is 334 g/mol. The number of anilines is 1. The molecule has 8 nitrogen and oxygen atoms in total. The molecule has 1 fully saturated rings. The van der Waals surface area contributed by atoms with Gasteiger partial charge in [-0.05, 0) is 43.5 Å². The van der Waals surface area contributed by atoms with E-state index in [1.165, 1.54) is 12.5 Å². The fourth-order valence-corrected chi connectivity index (χ4v) is 3.16. The molecule has 0 radical (unpaired) electrons. The molecule has 8 heteroatoms. The van der Waals surface area contributed by atoms with Crippen molar-refractivity contribution in [2.75, 3.05) is 18.0 Å². The number of piperidine rings is 1. The summed E-state index contributed by atoms with van der Waals surface area (Å²) in [7, 11) is 0. The third-order valence-corrected chi connectivity index (χ3v) is 4.46. The van der Waals surface area contributed by atoms with Crippen molar-refractivity contribution >= 4 is 11.4 Å². The molecule has 4 rings (SSSR count). The Balaban J connectivity index is 1.68. The molecule has 0 saturated carbocycles. The minimum atomic E-state index is -0.355. The molecule has 0 unspecified atom stereocenters. The number of nitro benzene ring substituents is 1. The van der Waals surface area contributed by atoms with Crippen LogP contribution in [0.25, 0.3) is 22.8 Å². The van der Waals surface area contributed by atoms with E-state index < -0.39 is 0 Å². The number of aromatic nitrogens is 3. The molecule has 0 N–H and O–H groups in total. The maximum atomic E-state index is 11.6. The van der Waals surface area contributed by atoms with Crippen LogP contribution in [0.3, 0.4) is 0 Å². The van der Waals surface area contributed by atoms with E-state index in [2.05, 4.69) is 20.0 Å². The first-order valence-electron chi connectivity index (χ1n) is 8.50. The van der Waals surface area contributed by atoms with Crippen LogP contribution in [-0.2, 0) is 0 Å². The van der Waals surface area contributed by atoms with Gasteiger partial charge in [0.1, 0.15) is 5.69 Å². The number of hydrogen-bond acceptors (Lipinski definition) is 7. The van der Waals surface area contributed by atoms with Crippen LogP contribution < -0.4 is 4.90 Å². The summed E-state index contributed by atoms with van der Waals surface area (Å²) in [4.78, 5) is 21.7. The molecule has 1 aliphatic rings. The van der Waals surface area contributed by atoms with Gasteiger partial charge in [0.25, 0.3) is 11.6 Å². The average molecular weight is 351 g/mol. The summed E-state index contributed by atoms with van der Waals surface area (Å²) in [6, 6.07) is 8.67. The number of nitro groups is 1. The smallest absolute Gasteiger partial charge is 0.293 e. The Bertz CT molecular complexity index is 920. The van der Waals surface area contributed by atoms with Gasteiger partial charge in [0, 0.05) is 42.7 Å². The lowest BCUT2D eigenvalue weighted by molar-refractivity contribution is -0.384. The van der Waals surface area contributed by atoms with E-state index >= 15 is 0 Å². The summed E-state index contributed by atoms with van der Waals surface area (Å²) in [6.45, 7) is 1.68. The molecule has 3 heterocycles. The molecule has 0 amide bonds. The number of hydrogen-bond donors (Lipinski definition) is 0. The predicted octanol–water partition coefficient (Wildman–Crippen LogP) is 3.70. The first kappa shape index (κ1) is 16.2. The van der Waals surface area contributed by atoms with Crippen LogP contribution in [0.1, 0.15) is 19.3 Å². The standard InChI is InChI=1S/C18H17N5O3/c24-23(25)16-11-13(6-7-15(16)22-9-2-1-3-10-22)18-20-17(21-26-18)14-5-4-8-19-12-14/h4-8,11-12H,1-3,9-10H2. The number of benzene rings is 1. The number of rotatable bonds is 4. The molecule has 26 heavy (non-hydrogen) atoms. The Kier molecular flexibility index (Phi) is 4.30. The van der Waals surface area contributed by atoms with Gasteiger partial charge < -0.3 is 9.42 Å². The van der Waals surface area contributed by atoms with Crippen LogP contribution in [0.2, 0.25) is 0 Å². The Morgan fingerprint density at radius 1 is 1.12 bits per heavy atom. The van der Waals surface area contributed by atoms with Crippen molar-refractivity contribution in [3.05, 3.63) is 52.8 Å². The molecular formula is C18H17N5O3. The molecule has 1 saturated heterocycles. The third kappa shape index (κ3) is 3.13. The molecule has 0 aliphatic carbocycles. The highest BCUT2D eigenvalue weighted by Gasteiger charge is 2.23. The fourth-order valence-electron chi connectivity index (χ4n) is 3.16. The van der Waals surface area contributed by atoms with Crippen molar-refractivity contribution in [3.63, 3.8) is 0 Å². The highest BCUT2D eigenvalue weighted by atomic mass is 16.6. The third-order valence-electron chi connectivity index (χ3n) is 4.46. The van der Waals surface area contributed by atoms with Gasteiger partial charge in [-0.25, -0.2) is 0 Å². The molecule has 0 atom stereocenters. The van der Waals surface area contributed by atoms with Gasteiger partial charge in [0.2, 0.25) is 5.82 Å². The highest BCUT2D eigenvalue weighted by Crippen LogP contribution is 2.34. The van der Waals surface area contributed by atoms with E-state index in [1.807, 2.05) is 6.07 Å². The second kappa shape index (κ2) is 6.91. The van der Waals surface area contributed by atoms with Crippen molar-refractivity contribution in [1.82, 2.24) is 15.1 Å². The molecule has 132 valence electrons.